The summed E-state index contributed by atoms with van der Waals surface area (Å²) in [4.78, 5) is 0. The fourth-order valence-corrected chi connectivity index (χ4v) is 4.20. The molecule has 0 amide bonds. The third kappa shape index (κ3) is 4.41. The summed E-state index contributed by atoms with van der Waals surface area (Å²) in [7, 11) is 2.12. The second-order valence-corrected chi connectivity index (χ2v) is 7.08. The molecule has 0 bridgehead atoms. The third-order valence-electron chi connectivity index (χ3n) is 5.53. The maximum absolute atomic E-state index is 2.24. The van der Waals surface area contributed by atoms with E-state index in [1.54, 1.807) is 0 Å². The van der Waals surface area contributed by atoms with Gasteiger partial charge in [-0.1, -0.05) is 113 Å². The molecular weight excluding hydrogens is 374 g/mol. The van der Waals surface area contributed by atoms with Gasteiger partial charge in [-0.05, 0) is 40.8 Å². The number of nitrogens with zero attached hydrogens (tertiary/aromatic N) is 1. The van der Waals surface area contributed by atoms with Gasteiger partial charge in [0.2, 0.25) is 0 Å². The number of benzene rings is 4. The monoisotopic (exact) mass is 407 g/mol. The average molecular weight is 408 g/mol. The van der Waals surface area contributed by atoms with Gasteiger partial charge in [0.15, 0.2) is 0 Å². The lowest BCUT2D eigenvalue weighted by molar-refractivity contribution is 1.01. The summed E-state index contributed by atoms with van der Waals surface area (Å²) in [6.45, 7) is 8.00. The van der Waals surface area contributed by atoms with E-state index >= 15 is 0 Å². The summed E-state index contributed by atoms with van der Waals surface area (Å²) in [6.07, 6.45) is 1.10. The van der Waals surface area contributed by atoms with Gasteiger partial charge in [-0.25, -0.2) is 0 Å². The van der Waals surface area contributed by atoms with Crippen molar-refractivity contribution in [1.29, 1.82) is 0 Å². The lowest BCUT2D eigenvalue weighted by Gasteiger charge is -1.98. The highest BCUT2D eigenvalue weighted by Gasteiger charge is 2.15. The Morgan fingerprint density at radius 3 is 1.29 bits per heavy atom. The molecule has 5 aromatic rings. The molecule has 0 saturated carbocycles. The summed E-state index contributed by atoms with van der Waals surface area (Å²) in [6, 6.07) is 34.3. The van der Waals surface area contributed by atoms with Crippen molar-refractivity contribution in [3.63, 3.8) is 0 Å². The van der Waals surface area contributed by atoms with Crippen molar-refractivity contribution in [2.75, 3.05) is 0 Å². The van der Waals surface area contributed by atoms with Crippen LogP contribution >= 0.6 is 0 Å². The number of para-hydroxylation sites is 2. The topological polar surface area (TPSA) is 4.93 Å². The number of aromatic nitrogens is 1. The van der Waals surface area contributed by atoms with Crippen LogP contribution in [0.2, 0.25) is 0 Å². The largest absolute Gasteiger partial charge is 0.344 e. The van der Waals surface area contributed by atoms with Crippen LogP contribution in [0, 0.1) is 0 Å². The van der Waals surface area contributed by atoms with Crippen LogP contribution in [0.15, 0.2) is 97.1 Å². The first kappa shape index (κ1) is 22.4. The van der Waals surface area contributed by atoms with E-state index in [2.05, 4.69) is 109 Å². The van der Waals surface area contributed by atoms with E-state index in [4.69, 9.17) is 0 Å². The van der Waals surface area contributed by atoms with Crippen LogP contribution < -0.4 is 0 Å². The Morgan fingerprint density at radius 2 is 0.839 bits per heavy atom. The number of hydrogen-bond acceptors (Lipinski definition) is 0. The van der Waals surface area contributed by atoms with E-state index in [0.717, 1.165) is 6.42 Å². The Bertz CT molecular complexity index is 1160. The van der Waals surface area contributed by atoms with E-state index in [-0.39, 0.29) is 0 Å². The van der Waals surface area contributed by atoms with E-state index in [0.29, 0.717) is 0 Å². The summed E-state index contributed by atoms with van der Waals surface area (Å²) in [5.74, 6) is 0. The Labute approximate surface area is 187 Å². The fourth-order valence-electron chi connectivity index (χ4n) is 4.20. The minimum absolute atomic E-state index is 1.10. The van der Waals surface area contributed by atoms with E-state index in [1.807, 2.05) is 27.7 Å². The van der Waals surface area contributed by atoms with Crippen LogP contribution in [0.3, 0.4) is 0 Å². The highest BCUT2D eigenvalue weighted by atomic mass is 14.9. The maximum atomic E-state index is 2.24. The number of fused-ring (bicyclic) bond motifs is 6. The molecule has 1 heteroatoms. The molecule has 0 N–H and O–H groups in total. The minimum Gasteiger partial charge on any atom is -0.344 e. The quantitative estimate of drug-likeness (QED) is 0.237. The average Bonchev–Trinajstić information content (AvgIpc) is 3.38. The normalized spacial score (nSPS) is 10.6. The SMILES string of the molecule is CC.CC.Cn1c2ccccc2c2ccccc21.c1ccc2c(c1)Cc1ccccc1-2. The number of aryl methyl sites for hydroxylation is 1. The zero-order valence-corrected chi connectivity index (χ0v) is 19.4. The molecule has 1 nitrogen and oxygen atoms in total. The van der Waals surface area contributed by atoms with Gasteiger partial charge in [0.05, 0.1) is 0 Å². The number of rotatable bonds is 0. The van der Waals surface area contributed by atoms with Crippen molar-refractivity contribution in [3.8, 4) is 11.1 Å². The van der Waals surface area contributed by atoms with Gasteiger partial charge in [0.1, 0.15) is 0 Å². The molecule has 1 aromatic heterocycles. The lowest BCUT2D eigenvalue weighted by Crippen LogP contribution is -1.84. The molecule has 1 aliphatic carbocycles. The zero-order chi connectivity index (χ0) is 22.2. The second-order valence-electron chi connectivity index (χ2n) is 7.08. The van der Waals surface area contributed by atoms with Gasteiger partial charge in [-0.3, -0.25) is 0 Å². The summed E-state index contributed by atoms with van der Waals surface area (Å²) < 4.78 is 2.24. The lowest BCUT2D eigenvalue weighted by atomic mass is 10.1. The molecule has 0 saturated heterocycles. The van der Waals surface area contributed by atoms with Crippen molar-refractivity contribution in [2.45, 2.75) is 34.1 Å². The molecule has 0 fully saturated rings. The fraction of sp³-hybridized carbons (Fsp3) is 0.200. The van der Waals surface area contributed by atoms with Gasteiger partial charge < -0.3 is 4.57 Å². The van der Waals surface area contributed by atoms with Crippen LogP contribution in [0.25, 0.3) is 32.9 Å². The Balaban J connectivity index is 0.000000152. The van der Waals surface area contributed by atoms with Crippen LogP contribution in [0.1, 0.15) is 38.8 Å². The first-order valence-corrected chi connectivity index (χ1v) is 11.4. The Hall–Kier alpha value is -3.32. The zero-order valence-electron chi connectivity index (χ0n) is 19.4. The molecule has 0 spiro atoms. The van der Waals surface area contributed by atoms with E-state index in [1.165, 1.54) is 44.1 Å². The molecule has 0 radical (unpaired) electrons. The molecule has 0 aliphatic heterocycles. The highest BCUT2D eigenvalue weighted by molar-refractivity contribution is 6.07. The third-order valence-corrected chi connectivity index (χ3v) is 5.53. The summed E-state index contributed by atoms with van der Waals surface area (Å²) in [5, 5.41) is 2.68. The van der Waals surface area contributed by atoms with Crippen molar-refractivity contribution in [2.24, 2.45) is 7.05 Å². The van der Waals surface area contributed by atoms with Gasteiger partial charge in [-0.15, -0.1) is 0 Å². The molecular formula is C30H33N. The van der Waals surface area contributed by atoms with E-state index in [9.17, 15) is 0 Å². The predicted molar refractivity (Wildman–Crippen MR) is 138 cm³/mol. The maximum Gasteiger partial charge on any atom is 0.0488 e. The minimum atomic E-state index is 1.10. The predicted octanol–water partition coefficient (Wildman–Crippen LogP) is 8.64. The summed E-state index contributed by atoms with van der Waals surface area (Å²) in [5.41, 5.74) is 8.35. The molecule has 4 aromatic carbocycles. The van der Waals surface area contributed by atoms with Crippen molar-refractivity contribution in [1.82, 2.24) is 4.57 Å². The van der Waals surface area contributed by atoms with Gasteiger partial charge in [-0.2, -0.15) is 0 Å². The Morgan fingerprint density at radius 1 is 0.484 bits per heavy atom. The van der Waals surface area contributed by atoms with Crippen LogP contribution in [-0.2, 0) is 13.5 Å². The molecule has 0 atom stereocenters. The van der Waals surface area contributed by atoms with E-state index < -0.39 is 0 Å². The molecule has 6 rings (SSSR count). The molecule has 0 unspecified atom stereocenters. The highest BCUT2D eigenvalue weighted by Crippen LogP contribution is 2.35. The van der Waals surface area contributed by atoms with Crippen LogP contribution in [-0.4, -0.2) is 4.57 Å². The van der Waals surface area contributed by atoms with Crippen molar-refractivity contribution < 1.29 is 0 Å². The Kier molecular flexibility index (Phi) is 7.67. The number of hydrogen-bond donors (Lipinski definition) is 0. The van der Waals surface area contributed by atoms with Crippen molar-refractivity contribution >= 4 is 21.8 Å². The van der Waals surface area contributed by atoms with Gasteiger partial charge in [0.25, 0.3) is 0 Å². The van der Waals surface area contributed by atoms with Crippen molar-refractivity contribution in [3.05, 3.63) is 108 Å². The smallest absolute Gasteiger partial charge is 0.0488 e. The molecule has 31 heavy (non-hydrogen) atoms. The van der Waals surface area contributed by atoms with Crippen LogP contribution in [0.4, 0.5) is 0 Å². The molecule has 1 heterocycles. The molecule has 158 valence electrons. The standard InChI is InChI=1S/C13H11N.C13H10.2C2H6/c1-14-12-8-4-2-6-10(12)11-7-3-5-9-13(11)14;1-3-7-12-10(5-1)9-11-6-2-4-8-13(11)12;2*1-2/h2-9H,1H3;1-8H,9H2;2*1-2H3. The first-order chi connectivity index (χ1) is 15.3. The van der Waals surface area contributed by atoms with Gasteiger partial charge in [0, 0.05) is 28.9 Å². The summed E-state index contributed by atoms with van der Waals surface area (Å²) >= 11 is 0. The second kappa shape index (κ2) is 10.6. The molecule has 1 aliphatic rings. The van der Waals surface area contributed by atoms with Gasteiger partial charge >= 0.3 is 0 Å². The first-order valence-electron chi connectivity index (χ1n) is 11.4. The van der Waals surface area contributed by atoms with Crippen LogP contribution in [0.5, 0.6) is 0 Å².